The van der Waals surface area contributed by atoms with E-state index in [-0.39, 0.29) is 0 Å². The van der Waals surface area contributed by atoms with E-state index in [1.54, 1.807) is 13.2 Å². The van der Waals surface area contributed by atoms with E-state index in [4.69, 9.17) is 0 Å². The molecule has 74 valence electrons. The summed E-state index contributed by atoms with van der Waals surface area (Å²) in [7, 11) is 1.76. The minimum absolute atomic E-state index is 0.636. The van der Waals surface area contributed by atoms with Gasteiger partial charge in [-0.05, 0) is 5.21 Å². The predicted molar refractivity (Wildman–Crippen MR) is 49.5 cm³/mol. The van der Waals surface area contributed by atoms with Gasteiger partial charge >= 0.3 is 0 Å². The summed E-state index contributed by atoms with van der Waals surface area (Å²) in [4.78, 5) is 5.67. The van der Waals surface area contributed by atoms with Crippen molar-refractivity contribution < 1.29 is 0 Å². The van der Waals surface area contributed by atoms with E-state index < -0.39 is 0 Å². The van der Waals surface area contributed by atoms with Crippen LogP contribution in [0.25, 0.3) is 0 Å². The van der Waals surface area contributed by atoms with Gasteiger partial charge in [0.25, 0.3) is 0 Å². The van der Waals surface area contributed by atoms with E-state index in [9.17, 15) is 0 Å². The Bertz CT molecular complexity index is 415. The molecule has 14 heavy (non-hydrogen) atoms. The van der Waals surface area contributed by atoms with Crippen molar-refractivity contribution in [3.63, 3.8) is 0 Å². The van der Waals surface area contributed by atoms with Crippen LogP contribution in [-0.2, 0) is 20.0 Å². The Morgan fingerprint density at radius 2 is 2.29 bits per heavy atom. The molecule has 0 N–H and O–H groups in total. The van der Waals surface area contributed by atoms with Crippen molar-refractivity contribution >= 4 is 0 Å². The van der Waals surface area contributed by atoms with Gasteiger partial charge in [0, 0.05) is 18.8 Å². The van der Waals surface area contributed by atoms with Crippen molar-refractivity contribution in [1.29, 1.82) is 0 Å². The number of nitrogens with zero attached hydrogens (tertiary/aromatic N) is 6. The molecule has 0 fully saturated rings. The zero-order valence-electron chi connectivity index (χ0n) is 8.25. The second-order valence-corrected chi connectivity index (χ2v) is 3.02. The lowest BCUT2D eigenvalue weighted by Crippen LogP contribution is -2.05. The van der Waals surface area contributed by atoms with Crippen LogP contribution >= 0.6 is 0 Å². The predicted octanol–water partition coefficient (Wildman–Crippen LogP) is 0.0173. The fraction of sp³-hybridized carbons (Fsp3) is 0.500. The zero-order valence-corrected chi connectivity index (χ0v) is 8.25. The molecule has 6 nitrogen and oxygen atoms in total. The first-order valence-corrected chi connectivity index (χ1v) is 4.52. The highest BCUT2D eigenvalue weighted by Gasteiger charge is 2.04. The molecule has 0 aromatic carbocycles. The Balaban J connectivity index is 2.18. The highest BCUT2D eigenvalue weighted by atomic mass is 15.6. The highest BCUT2D eigenvalue weighted by molar-refractivity contribution is 4.95. The highest BCUT2D eigenvalue weighted by Crippen LogP contribution is 2.00. The van der Waals surface area contributed by atoms with Gasteiger partial charge in [-0.1, -0.05) is 6.92 Å². The lowest BCUT2D eigenvalue weighted by atomic mass is 10.4. The van der Waals surface area contributed by atoms with E-state index in [0.717, 1.165) is 12.2 Å². The second-order valence-electron chi connectivity index (χ2n) is 3.02. The van der Waals surface area contributed by atoms with E-state index in [1.807, 2.05) is 10.8 Å². The maximum Gasteiger partial charge on any atom is 0.194 e. The van der Waals surface area contributed by atoms with Crippen LogP contribution in [0.3, 0.4) is 0 Å². The van der Waals surface area contributed by atoms with Crippen LogP contribution in [0.2, 0.25) is 0 Å². The van der Waals surface area contributed by atoms with Gasteiger partial charge in [-0.3, -0.25) is 0 Å². The molecule has 0 saturated carbocycles. The van der Waals surface area contributed by atoms with Gasteiger partial charge in [0.2, 0.25) is 0 Å². The normalized spacial score (nSPS) is 10.7. The van der Waals surface area contributed by atoms with Crippen molar-refractivity contribution in [3.8, 4) is 0 Å². The Kier molecular flexibility index (Phi) is 2.26. The van der Waals surface area contributed by atoms with Crippen molar-refractivity contribution in [2.45, 2.75) is 19.9 Å². The average molecular weight is 192 g/mol. The Morgan fingerprint density at radius 1 is 1.43 bits per heavy atom. The minimum atomic E-state index is 0.636. The zero-order chi connectivity index (χ0) is 9.97. The molecule has 0 unspecified atom stereocenters. The van der Waals surface area contributed by atoms with Gasteiger partial charge in [-0.15, -0.1) is 10.2 Å². The van der Waals surface area contributed by atoms with Crippen LogP contribution < -0.4 is 0 Å². The average Bonchev–Trinajstić information content (AvgIpc) is 2.76. The van der Waals surface area contributed by atoms with Gasteiger partial charge in [-0.2, -0.15) is 4.80 Å². The number of rotatable bonds is 3. The Morgan fingerprint density at radius 3 is 2.93 bits per heavy atom. The standard InChI is InChI=1S/C8H12N6/c1-3-8-9-4-5-14(8)6-7-10-12-13(2)11-7/h4-5H,3,6H2,1-2H3. The lowest BCUT2D eigenvalue weighted by Gasteiger charge is -2.01. The number of imidazole rings is 1. The quantitative estimate of drug-likeness (QED) is 0.687. The smallest absolute Gasteiger partial charge is 0.194 e. The number of hydrogen-bond donors (Lipinski definition) is 0. The summed E-state index contributed by atoms with van der Waals surface area (Å²) in [5.74, 6) is 1.75. The van der Waals surface area contributed by atoms with Crippen LogP contribution in [0.4, 0.5) is 0 Å². The largest absolute Gasteiger partial charge is 0.327 e. The van der Waals surface area contributed by atoms with Gasteiger partial charge in [-0.25, -0.2) is 4.98 Å². The van der Waals surface area contributed by atoms with Crippen LogP contribution in [0.15, 0.2) is 12.4 Å². The third kappa shape index (κ3) is 1.63. The summed E-state index contributed by atoms with van der Waals surface area (Å²) in [6.07, 6.45) is 4.62. The first-order valence-electron chi connectivity index (χ1n) is 4.52. The van der Waals surface area contributed by atoms with E-state index in [2.05, 4.69) is 27.3 Å². The molecule has 0 aliphatic heterocycles. The molecule has 0 radical (unpaired) electrons. The van der Waals surface area contributed by atoms with Crippen LogP contribution in [0, 0.1) is 0 Å². The maximum atomic E-state index is 4.22. The molecular weight excluding hydrogens is 180 g/mol. The van der Waals surface area contributed by atoms with E-state index in [0.29, 0.717) is 12.4 Å². The van der Waals surface area contributed by atoms with Crippen molar-refractivity contribution in [1.82, 2.24) is 29.8 Å². The molecule has 2 aromatic heterocycles. The summed E-state index contributed by atoms with van der Waals surface area (Å²) >= 11 is 0. The van der Waals surface area contributed by atoms with Gasteiger partial charge < -0.3 is 4.57 Å². The molecule has 0 amide bonds. The SMILES string of the molecule is CCc1nccn1Cc1nnn(C)n1. The molecule has 0 aliphatic carbocycles. The molecule has 0 bridgehead atoms. The van der Waals surface area contributed by atoms with Crippen molar-refractivity contribution in [2.75, 3.05) is 0 Å². The number of tetrazole rings is 1. The van der Waals surface area contributed by atoms with Gasteiger partial charge in [0.15, 0.2) is 5.82 Å². The van der Waals surface area contributed by atoms with Crippen LogP contribution in [0.5, 0.6) is 0 Å². The molecular formula is C8H12N6. The monoisotopic (exact) mass is 192 g/mol. The molecule has 2 aromatic rings. The summed E-state index contributed by atoms with van der Waals surface area (Å²) in [6, 6.07) is 0. The fourth-order valence-electron chi connectivity index (χ4n) is 1.34. The number of hydrogen-bond acceptors (Lipinski definition) is 4. The van der Waals surface area contributed by atoms with Crippen LogP contribution in [0.1, 0.15) is 18.6 Å². The summed E-state index contributed by atoms with van der Waals surface area (Å²) in [5, 5.41) is 11.8. The van der Waals surface area contributed by atoms with Crippen molar-refractivity contribution in [2.24, 2.45) is 7.05 Å². The molecule has 0 atom stereocenters. The fourth-order valence-corrected chi connectivity index (χ4v) is 1.34. The molecule has 2 heterocycles. The van der Waals surface area contributed by atoms with Gasteiger partial charge in [0.05, 0.1) is 13.6 Å². The molecule has 0 saturated heterocycles. The molecule has 0 spiro atoms. The Labute approximate surface area is 81.6 Å². The van der Waals surface area contributed by atoms with Gasteiger partial charge in [0.1, 0.15) is 5.82 Å². The lowest BCUT2D eigenvalue weighted by molar-refractivity contribution is 0.623. The molecule has 6 heteroatoms. The Hall–Kier alpha value is -1.72. The van der Waals surface area contributed by atoms with E-state index in [1.165, 1.54) is 4.80 Å². The minimum Gasteiger partial charge on any atom is -0.327 e. The number of aryl methyl sites for hydroxylation is 2. The summed E-state index contributed by atoms with van der Waals surface area (Å²) in [6.45, 7) is 2.71. The summed E-state index contributed by atoms with van der Waals surface area (Å²) < 4.78 is 2.02. The topological polar surface area (TPSA) is 61.4 Å². The first-order chi connectivity index (χ1) is 6.79. The molecule has 0 aliphatic rings. The third-order valence-electron chi connectivity index (χ3n) is 1.98. The second kappa shape index (κ2) is 3.57. The van der Waals surface area contributed by atoms with Crippen LogP contribution in [-0.4, -0.2) is 29.8 Å². The number of aromatic nitrogens is 6. The first kappa shape index (κ1) is 8.86. The van der Waals surface area contributed by atoms with Crippen molar-refractivity contribution in [3.05, 3.63) is 24.0 Å². The maximum absolute atomic E-state index is 4.22. The molecule has 2 rings (SSSR count). The summed E-state index contributed by atoms with van der Waals surface area (Å²) in [5.41, 5.74) is 0. The third-order valence-corrected chi connectivity index (χ3v) is 1.98. The van der Waals surface area contributed by atoms with E-state index >= 15 is 0 Å².